The Kier molecular flexibility index (Phi) is 5.39. The van der Waals surface area contributed by atoms with Crippen LogP contribution in [0.25, 0.3) is 11.4 Å². The third-order valence-corrected chi connectivity index (χ3v) is 5.07. The van der Waals surface area contributed by atoms with Crippen molar-refractivity contribution in [1.29, 1.82) is 0 Å². The van der Waals surface area contributed by atoms with E-state index in [1.54, 1.807) is 0 Å². The Balaban J connectivity index is 0.00000182. The van der Waals surface area contributed by atoms with Gasteiger partial charge in [0.25, 0.3) is 0 Å². The highest BCUT2D eigenvalue weighted by molar-refractivity contribution is 5.91. The van der Waals surface area contributed by atoms with E-state index >= 15 is 0 Å². The fourth-order valence-electron chi connectivity index (χ4n) is 3.99. The molecule has 2 atom stereocenters. The molecule has 1 aromatic heterocycles. The number of hydrogen-bond donors (Lipinski definition) is 3. The van der Waals surface area contributed by atoms with Crippen molar-refractivity contribution < 1.29 is 4.79 Å². The standard InChI is InChI=1S/C18H23N5O.ClH/c1-11-19-18(23-22-11)13-2-4-14(5-3-13)21-17(24)10-12-8-15-6-7-16(9-12)20-15;/h2-5,12,15-16,20H,6-10H2,1H3,(H,21,24)(H,19,22,23);1H. The van der Waals surface area contributed by atoms with Crippen molar-refractivity contribution in [2.45, 2.75) is 51.1 Å². The van der Waals surface area contributed by atoms with Crippen molar-refractivity contribution >= 4 is 24.0 Å². The van der Waals surface area contributed by atoms with E-state index in [1.807, 2.05) is 31.2 Å². The molecule has 2 aliphatic rings. The molecule has 3 heterocycles. The number of aryl methyl sites for hydroxylation is 1. The van der Waals surface area contributed by atoms with Crippen LogP contribution in [-0.4, -0.2) is 33.2 Å². The van der Waals surface area contributed by atoms with Crippen LogP contribution in [0.1, 0.15) is 37.9 Å². The molecule has 2 fully saturated rings. The number of nitrogens with one attached hydrogen (secondary N) is 3. The molecule has 0 radical (unpaired) electrons. The molecular weight excluding hydrogens is 338 g/mol. The largest absolute Gasteiger partial charge is 0.326 e. The summed E-state index contributed by atoms with van der Waals surface area (Å²) in [7, 11) is 0. The number of hydrogen-bond acceptors (Lipinski definition) is 4. The summed E-state index contributed by atoms with van der Waals surface area (Å²) < 4.78 is 0. The maximum absolute atomic E-state index is 12.3. The van der Waals surface area contributed by atoms with E-state index in [9.17, 15) is 4.79 Å². The number of piperidine rings is 1. The second kappa shape index (κ2) is 7.54. The first-order valence-corrected chi connectivity index (χ1v) is 8.71. The van der Waals surface area contributed by atoms with E-state index < -0.39 is 0 Å². The summed E-state index contributed by atoms with van der Waals surface area (Å²) >= 11 is 0. The van der Waals surface area contributed by atoms with Gasteiger partial charge in [0.1, 0.15) is 5.82 Å². The van der Waals surface area contributed by atoms with Crippen LogP contribution >= 0.6 is 12.4 Å². The molecule has 3 N–H and O–H groups in total. The number of nitrogens with zero attached hydrogens (tertiary/aromatic N) is 2. The van der Waals surface area contributed by atoms with Crippen molar-refractivity contribution in [2.24, 2.45) is 5.92 Å². The number of fused-ring (bicyclic) bond motifs is 2. The number of carbonyl (C=O) groups excluding carboxylic acids is 1. The molecule has 6 nitrogen and oxygen atoms in total. The number of halogens is 1. The van der Waals surface area contributed by atoms with Gasteiger partial charge in [-0.15, -0.1) is 12.4 Å². The van der Waals surface area contributed by atoms with Crippen LogP contribution in [-0.2, 0) is 4.79 Å². The van der Waals surface area contributed by atoms with Crippen molar-refractivity contribution in [1.82, 2.24) is 20.5 Å². The van der Waals surface area contributed by atoms with Gasteiger partial charge in [-0.05, 0) is 62.8 Å². The smallest absolute Gasteiger partial charge is 0.224 e. The van der Waals surface area contributed by atoms with Gasteiger partial charge in [-0.1, -0.05) is 0 Å². The molecule has 4 rings (SSSR count). The fraction of sp³-hybridized carbons (Fsp3) is 0.500. The summed E-state index contributed by atoms with van der Waals surface area (Å²) in [5.41, 5.74) is 1.76. The summed E-state index contributed by atoms with van der Waals surface area (Å²) in [6, 6.07) is 8.94. The molecule has 2 unspecified atom stereocenters. The lowest BCUT2D eigenvalue weighted by molar-refractivity contribution is -0.117. The van der Waals surface area contributed by atoms with E-state index in [-0.39, 0.29) is 18.3 Å². The number of aromatic amines is 1. The Morgan fingerprint density at radius 1 is 1.20 bits per heavy atom. The van der Waals surface area contributed by atoms with E-state index in [1.165, 1.54) is 12.8 Å². The molecule has 2 saturated heterocycles. The molecule has 1 amide bonds. The van der Waals surface area contributed by atoms with Crippen molar-refractivity contribution in [3.63, 3.8) is 0 Å². The topological polar surface area (TPSA) is 82.7 Å². The van der Waals surface area contributed by atoms with Crippen LogP contribution in [0.4, 0.5) is 5.69 Å². The maximum Gasteiger partial charge on any atom is 0.224 e. The van der Waals surface area contributed by atoms with Gasteiger partial charge in [-0.2, -0.15) is 5.10 Å². The summed E-state index contributed by atoms with van der Waals surface area (Å²) in [5, 5.41) is 13.6. The quantitative estimate of drug-likeness (QED) is 0.781. The number of H-pyrrole nitrogens is 1. The van der Waals surface area contributed by atoms with Crippen molar-refractivity contribution in [3.05, 3.63) is 30.1 Å². The summed E-state index contributed by atoms with van der Waals surface area (Å²) in [5.74, 6) is 2.09. The molecule has 7 heteroatoms. The van der Waals surface area contributed by atoms with Crippen molar-refractivity contribution in [2.75, 3.05) is 5.32 Å². The van der Waals surface area contributed by atoms with E-state index in [2.05, 4.69) is 25.8 Å². The Labute approximate surface area is 153 Å². The highest BCUT2D eigenvalue weighted by Crippen LogP contribution is 2.32. The number of benzene rings is 1. The molecule has 2 aromatic rings. The van der Waals surface area contributed by atoms with Crippen LogP contribution < -0.4 is 10.6 Å². The summed E-state index contributed by atoms with van der Waals surface area (Å²) in [4.78, 5) is 16.6. The summed E-state index contributed by atoms with van der Waals surface area (Å²) in [6.07, 6.45) is 5.42. The minimum atomic E-state index is 0. The van der Waals surface area contributed by atoms with Gasteiger partial charge in [0.15, 0.2) is 5.82 Å². The number of amides is 1. The van der Waals surface area contributed by atoms with Crippen LogP contribution in [0.3, 0.4) is 0 Å². The van der Waals surface area contributed by atoms with Gasteiger partial charge in [-0.3, -0.25) is 9.89 Å². The van der Waals surface area contributed by atoms with Crippen LogP contribution in [0.5, 0.6) is 0 Å². The maximum atomic E-state index is 12.3. The Morgan fingerprint density at radius 3 is 2.48 bits per heavy atom. The minimum absolute atomic E-state index is 0. The van der Waals surface area contributed by atoms with Crippen LogP contribution in [0, 0.1) is 12.8 Å². The number of carbonyl (C=O) groups is 1. The van der Waals surface area contributed by atoms with E-state index in [0.717, 1.165) is 29.9 Å². The van der Waals surface area contributed by atoms with E-state index in [4.69, 9.17) is 0 Å². The van der Waals surface area contributed by atoms with Gasteiger partial charge in [-0.25, -0.2) is 4.98 Å². The zero-order chi connectivity index (χ0) is 16.5. The second-order valence-corrected chi connectivity index (χ2v) is 7.05. The first-order chi connectivity index (χ1) is 11.7. The van der Waals surface area contributed by atoms with Gasteiger partial charge >= 0.3 is 0 Å². The van der Waals surface area contributed by atoms with E-state index in [0.29, 0.717) is 30.2 Å². The molecule has 2 aliphatic heterocycles. The molecule has 0 spiro atoms. The van der Waals surface area contributed by atoms with Crippen LogP contribution in [0.2, 0.25) is 0 Å². The molecular formula is C18H24ClN5O. The molecule has 25 heavy (non-hydrogen) atoms. The lowest BCUT2D eigenvalue weighted by Gasteiger charge is -2.28. The average Bonchev–Trinajstić information content (AvgIpc) is 3.13. The SMILES string of the molecule is Cc1nc(-c2ccc(NC(=O)CC3CC4CCC(C3)N4)cc2)n[nH]1.Cl. The highest BCUT2D eigenvalue weighted by atomic mass is 35.5. The highest BCUT2D eigenvalue weighted by Gasteiger charge is 2.34. The lowest BCUT2D eigenvalue weighted by atomic mass is 9.89. The summed E-state index contributed by atoms with van der Waals surface area (Å²) in [6.45, 7) is 1.87. The average molecular weight is 362 g/mol. The predicted octanol–water partition coefficient (Wildman–Crippen LogP) is 3.06. The van der Waals surface area contributed by atoms with Gasteiger partial charge in [0.2, 0.25) is 5.91 Å². The third kappa shape index (κ3) is 4.19. The molecule has 134 valence electrons. The molecule has 1 aromatic carbocycles. The Hall–Kier alpha value is -1.92. The zero-order valence-corrected chi connectivity index (χ0v) is 15.1. The Bertz CT molecular complexity index is 717. The van der Waals surface area contributed by atoms with Gasteiger partial charge in [0.05, 0.1) is 0 Å². The Morgan fingerprint density at radius 2 is 1.88 bits per heavy atom. The minimum Gasteiger partial charge on any atom is -0.326 e. The number of aromatic nitrogens is 3. The first-order valence-electron chi connectivity index (χ1n) is 8.71. The normalized spacial score (nSPS) is 24.6. The zero-order valence-electron chi connectivity index (χ0n) is 14.3. The second-order valence-electron chi connectivity index (χ2n) is 7.05. The predicted molar refractivity (Wildman–Crippen MR) is 99.7 cm³/mol. The van der Waals surface area contributed by atoms with Crippen LogP contribution in [0.15, 0.2) is 24.3 Å². The molecule has 0 aliphatic carbocycles. The molecule has 2 bridgehead atoms. The molecule has 0 saturated carbocycles. The van der Waals surface area contributed by atoms with Gasteiger partial charge in [0, 0.05) is 29.8 Å². The fourth-order valence-corrected chi connectivity index (χ4v) is 3.99. The first kappa shape index (κ1) is 17.9. The van der Waals surface area contributed by atoms with Crippen molar-refractivity contribution in [3.8, 4) is 11.4 Å². The lowest BCUT2D eigenvalue weighted by Crippen LogP contribution is -2.39. The van der Waals surface area contributed by atoms with Gasteiger partial charge < -0.3 is 10.6 Å². The number of anilines is 1. The monoisotopic (exact) mass is 361 g/mol. The number of rotatable bonds is 4. The third-order valence-electron chi connectivity index (χ3n) is 5.07.